The third-order valence-corrected chi connectivity index (χ3v) is 5.87. The van der Waals surface area contributed by atoms with Crippen molar-refractivity contribution in [2.45, 2.75) is 37.6 Å². The first-order valence-corrected chi connectivity index (χ1v) is 10.6. The van der Waals surface area contributed by atoms with Gasteiger partial charge in [-0.05, 0) is 30.2 Å². The number of carbonyl (C=O) groups is 1. The fourth-order valence-corrected chi connectivity index (χ4v) is 3.96. The van der Waals surface area contributed by atoms with E-state index in [4.69, 9.17) is 0 Å². The molecule has 1 aliphatic rings. The summed E-state index contributed by atoms with van der Waals surface area (Å²) in [5, 5.41) is 9.90. The molecule has 3 atom stereocenters. The fourth-order valence-electron chi connectivity index (χ4n) is 3.69. The van der Waals surface area contributed by atoms with E-state index in [-0.39, 0.29) is 24.0 Å². The van der Waals surface area contributed by atoms with E-state index >= 15 is 0 Å². The summed E-state index contributed by atoms with van der Waals surface area (Å²) in [6, 6.07) is 15.1. The van der Waals surface area contributed by atoms with Gasteiger partial charge in [0.25, 0.3) is 5.91 Å². The predicted molar refractivity (Wildman–Crippen MR) is 115 cm³/mol. The van der Waals surface area contributed by atoms with Crippen LogP contribution in [0.4, 0.5) is 19.0 Å². The summed E-state index contributed by atoms with van der Waals surface area (Å²) in [7, 11) is 0. The highest BCUT2D eigenvalue weighted by atomic mass is 79.9. The SMILES string of the molecule is CC(NC(=O)c1cc2n(n1)C(C(F)(F)F)CC(c1ccc(Br)cc1)N2)c1ccccc1. The summed E-state index contributed by atoms with van der Waals surface area (Å²) in [5.74, 6) is -0.361. The lowest BCUT2D eigenvalue weighted by molar-refractivity contribution is -0.173. The van der Waals surface area contributed by atoms with Crippen molar-refractivity contribution in [2.75, 3.05) is 5.32 Å². The summed E-state index contributed by atoms with van der Waals surface area (Å²) in [5.41, 5.74) is 1.56. The molecular weight excluding hydrogens is 473 g/mol. The standard InChI is InChI=1S/C22H20BrF3N4O/c1-13(14-5-3-2-4-6-14)27-21(31)18-12-20-28-17(15-7-9-16(23)10-8-15)11-19(22(24,25)26)30(20)29-18/h2-10,12-13,17,19,28H,11H2,1H3,(H,27,31). The smallest absolute Gasteiger partial charge is 0.363 e. The highest BCUT2D eigenvalue weighted by Gasteiger charge is 2.46. The van der Waals surface area contributed by atoms with E-state index in [0.29, 0.717) is 0 Å². The van der Waals surface area contributed by atoms with E-state index in [1.807, 2.05) is 37.3 Å². The minimum atomic E-state index is -4.50. The Balaban J connectivity index is 1.60. The Morgan fingerprint density at radius 3 is 2.52 bits per heavy atom. The van der Waals surface area contributed by atoms with Gasteiger partial charge >= 0.3 is 6.18 Å². The van der Waals surface area contributed by atoms with Crippen molar-refractivity contribution in [2.24, 2.45) is 0 Å². The van der Waals surface area contributed by atoms with Crippen LogP contribution in [0.15, 0.2) is 65.1 Å². The van der Waals surface area contributed by atoms with Crippen LogP contribution in [0.1, 0.15) is 53.1 Å². The Morgan fingerprint density at radius 2 is 1.87 bits per heavy atom. The monoisotopic (exact) mass is 492 g/mol. The van der Waals surface area contributed by atoms with Crippen LogP contribution < -0.4 is 10.6 Å². The number of nitrogens with zero attached hydrogens (tertiary/aromatic N) is 2. The summed E-state index contributed by atoms with van der Waals surface area (Å²) in [4.78, 5) is 12.7. The van der Waals surface area contributed by atoms with Gasteiger partial charge < -0.3 is 10.6 Å². The number of hydrogen-bond donors (Lipinski definition) is 2. The van der Waals surface area contributed by atoms with E-state index in [1.165, 1.54) is 6.07 Å². The molecule has 0 saturated carbocycles. The molecule has 0 bridgehead atoms. The number of amides is 1. The van der Waals surface area contributed by atoms with Crippen molar-refractivity contribution in [3.05, 3.63) is 82.0 Å². The zero-order chi connectivity index (χ0) is 22.2. The third kappa shape index (κ3) is 4.61. The van der Waals surface area contributed by atoms with Crippen molar-refractivity contribution < 1.29 is 18.0 Å². The average Bonchev–Trinajstić information content (AvgIpc) is 3.17. The number of benzene rings is 2. The molecular formula is C22H20BrF3N4O. The van der Waals surface area contributed by atoms with Crippen LogP contribution in [0.25, 0.3) is 0 Å². The van der Waals surface area contributed by atoms with E-state index in [0.717, 1.165) is 20.3 Å². The first-order valence-electron chi connectivity index (χ1n) is 9.76. The van der Waals surface area contributed by atoms with E-state index in [9.17, 15) is 18.0 Å². The number of hydrogen-bond acceptors (Lipinski definition) is 3. The number of carbonyl (C=O) groups excluding carboxylic acids is 1. The highest BCUT2D eigenvalue weighted by Crippen LogP contribution is 2.43. The molecule has 4 rings (SSSR count). The Kier molecular flexibility index (Phi) is 5.79. The van der Waals surface area contributed by atoms with Crippen molar-refractivity contribution in [3.63, 3.8) is 0 Å². The Morgan fingerprint density at radius 1 is 1.19 bits per heavy atom. The Bertz CT molecular complexity index is 1070. The van der Waals surface area contributed by atoms with Gasteiger partial charge in [0.1, 0.15) is 5.82 Å². The molecule has 0 spiro atoms. The fraction of sp³-hybridized carbons (Fsp3) is 0.273. The molecule has 2 heterocycles. The molecule has 2 aromatic carbocycles. The molecule has 162 valence electrons. The van der Waals surface area contributed by atoms with Gasteiger partial charge in [0.15, 0.2) is 11.7 Å². The number of fused-ring (bicyclic) bond motifs is 1. The van der Waals surface area contributed by atoms with Gasteiger partial charge in [-0.2, -0.15) is 18.3 Å². The van der Waals surface area contributed by atoms with Crippen molar-refractivity contribution in [1.82, 2.24) is 15.1 Å². The molecule has 0 fully saturated rings. The summed E-state index contributed by atoms with van der Waals surface area (Å²) < 4.78 is 43.2. The van der Waals surface area contributed by atoms with Crippen molar-refractivity contribution in [3.8, 4) is 0 Å². The van der Waals surface area contributed by atoms with Crippen LogP contribution in [0.5, 0.6) is 0 Å². The zero-order valence-corrected chi connectivity index (χ0v) is 18.1. The van der Waals surface area contributed by atoms with Gasteiger partial charge in [0, 0.05) is 17.0 Å². The van der Waals surface area contributed by atoms with E-state index in [2.05, 4.69) is 31.7 Å². The first-order chi connectivity index (χ1) is 14.7. The van der Waals surface area contributed by atoms with Crippen LogP contribution in [0, 0.1) is 0 Å². The van der Waals surface area contributed by atoms with Crippen LogP contribution in [0.2, 0.25) is 0 Å². The molecule has 3 aromatic rings. The first kappa shape index (κ1) is 21.4. The number of anilines is 1. The summed E-state index contributed by atoms with van der Waals surface area (Å²) >= 11 is 3.34. The van der Waals surface area contributed by atoms with Crippen LogP contribution in [-0.4, -0.2) is 21.9 Å². The van der Waals surface area contributed by atoms with Crippen molar-refractivity contribution in [1.29, 1.82) is 0 Å². The third-order valence-electron chi connectivity index (χ3n) is 5.34. The number of aromatic nitrogens is 2. The quantitative estimate of drug-likeness (QED) is 0.484. The molecule has 1 amide bonds. The topological polar surface area (TPSA) is 59.0 Å². The van der Waals surface area contributed by atoms with Gasteiger partial charge in [-0.25, -0.2) is 4.68 Å². The molecule has 5 nitrogen and oxygen atoms in total. The number of alkyl halides is 3. The molecule has 1 aromatic heterocycles. The van der Waals surface area contributed by atoms with Crippen molar-refractivity contribution >= 4 is 27.7 Å². The van der Waals surface area contributed by atoms with Crippen LogP contribution >= 0.6 is 15.9 Å². The van der Waals surface area contributed by atoms with Gasteiger partial charge in [-0.3, -0.25) is 4.79 Å². The molecule has 9 heteroatoms. The lowest BCUT2D eigenvalue weighted by Gasteiger charge is -2.33. The normalized spacial score (nSPS) is 19.3. The second-order valence-electron chi connectivity index (χ2n) is 7.51. The number of halogens is 4. The van der Waals surface area contributed by atoms with Gasteiger partial charge in [-0.15, -0.1) is 0 Å². The van der Waals surface area contributed by atoms with Crippen LogP contribution in [-0.2, 0) is 0 Å². The summed E-state index contributed by atoms with van der Waals surface area (Å²) in [6.45, 7) is 1.81. The maximum atomic E-state index is 13.8. The maximum absolute atomic E-state index is 13.8. The second kappa shape index (κ2) is 8.37. The Labute approximate surface area is 185 Å². The lowest BCUT2D eigenvalue weighted by Crippen LogP contribution is -2.35. The molecule has 0 saturated heterocycles. The van der Waals surface area contributed by atoms with Gasteiger partial charge in [0.05, 0.1) is 12.1 Å². The minimum Gasteiger partial charge on any atom is -0.363 e. The molecule has 1 aliphatic heterocycles. The minimum absolute atomic E-state index is 0.0593. The average molecular weight is 493 g/mol. The molecule has 2 N–H and O–H groups in total. The largest absolute Gasteiger partial charge is 0.410 e. The molecule has 0 radical (unpaired) electrons. The van der Waals surface area contributed by atoms with E-state index in [1.54, 1.807) is 24.3 Å². The highest BCUT2D eigenvalue weighted by molar-refractivity contribution is 9.10. The Hall–Kier alpha value is -2.81. The second-order valence-corrected chi connectivity index (χ2v) is 8.42. The number of rotatable bonds is 4. The van der Waals surface area contributed by atoms with Gasteiger partial charge in [-0.1, -0.05) is 58.4 Å². The van der Waals surface area contributed by atoms with Crippen LogP contribution in [0.3, 0.4) is 0 Å². The lowest BCUT2D eigenvalue weighted by atomic mass is 9.97. The summed E-state index contributed by atoms with van der Waals surface area (Å²) in [6.07, 6.45) is -4.72. The molecule has 0 aliphatic carbocycles. The molecule has 31 heavy (non-hydrogen) atoms. The predicted octanol–water partition coefficient (Wildman–Crippen LogP) is 5.80. The van der Waals surface area contributed by atoms with Gasteiger partial charge in [0.2, 0.25) is 0 Å². The number of nitrogens with one attached hydrogen (secondary N) is 2. The maximum Gasteiger partial charge on any atom is 0.410 e. The molecule has 3 unspecified atom stereocenters. The van der Waals surface area contributed by atoms with E-state index < -0.39 is 24.2 Å². The zero-order valence-electron chi connectivity index (χ0n) is 16.5.